The molecule has 1 heterocycles. The standard InChI is InChI=1S/C12H17NO2/c1-11(2)7-12(4-9(14)5-12)3-8-6-13-15-10(8)11/h6,9,14H,3-5,7H2,1-2H3. The fourth-order valence-electron chi connectivity index (χ4n) is 3.66. The zero-order chi connectivity index (χ0) is 10.7. The maximum atomic E-state index is 9.50. The highest BCUT2D eigenvalue weighted by Gasteiger charge is 2.51. The van der Waals surface area contributed by atoms with Crippen molar-refractivity contribution in [2.75, 3.05) is 0 Å². The molecule has 0 radical (unpaired) electrons. The summed E-state index contributed by atoms with van der Waals surface area (Å²) in [7, 11) is 0. The predicted octanol–water partition coefficient (Wildman–Crippen LogP) is 2.04. The van der Waals surface area contributed by atoms with E-state index in [1.807, 2.05) is 6.20 Å². The predicted molar refractivity (Wildman–Crippen MR) is 55.5 cm³/mol. The molecule has 3 nitrogen and oxygen atoms in total. The van der Waals surface area contributed by atoms with Crippen LogP contribution in [0.4, 0.5) is 0 Å². The largest absolute Gasteiger partial charge is 0.393 e. The smallest absolute Gasteiger partial charge is 0.145 e. The summed E-state index contributed by atoms with van der Waals surface area (Å²) in [6, 6.07) is 0. The second-order valence-corrected chi connectivity index (χ2v) is 5.98. The molecule has 2 aliphatic rings. The number of fused-ring (bicyclic) bond motifs is 1. The van der Waals surface area contributed by atoms with Crippen molar-refractivity contribution in [1.82, 2.24) is 5.16 Å². The number of nitrogens with zero attached hydrogens (tertiary/aromatic N) is 1. The maximum absolute atomic E-state index is 9.50. The fourth-order valence-corrected chi connectivity index (χ4v) is 3.66. The lowest BCUT2D eigenvalue weighted by Crippen LogP contribution is -2.48. The number of aliphatic hydroxyl groups excluding tert-OH is 1. The highest BCUT2D eigenvalue weighted by atomic mass is 16.5. The molecule has 0 amide bonds. The number of hydrogen-bond donors (Lipinski definition) is 1. The highest BCUT2D eigenvalue weighted by molar-refractivity contribution is 5.29. The summed E-state index contributed by atoms with van der Waals surface area (Å²) in [5.74, 6) is 1.05. The number of aromatic nitrogens is 1. The van der Waals surface area contributed by atoms with Crippen LogP contribution in [0, 0.1) is 5.41 Å². The Morgan fingerprint density at radius 2 is 2.20 bits per heavy atom. The van der Waals surface area contributed by atoms with Gasteiger partial charge in [-0.1, -0.05) is 19.0 Å². The molecule has 0 saturated heterocycles. The van der Waals surface area contributed by atoms with Gasteiger partial charge in [-0.05, 0) is 31.1 Å². The molecule has 1 spiro atoms. The summed E-state index contributed by atoms with van der Waals surface area (Å²) in [4.78, 5) is 0. The van der Waals surface area contributed by atoms with Gasteiger partial charge < -0.3 is 9.63 Å². The average Bonchev–Trinajstić information content (AvgIpc) is 2.48. The van der Waals surface area contributed by atoms with Crippen molar-refractivity contribution in [3.8, 4) is 0 Å². The zero-order valence-electron chi connectivity index (χ0n) is 9.29. The van der Waals surface area contributed by atoms with Gasteiger partial charge >= 0.3 is 0 Å². The van der Waals surface area contributed by atoms with E-state index in [1.165, 1.54) is 5.56 Å². The lowest BCUT2D eigenvalue weighted by Gasteiger charge is -2.51. The summed E-state index contributed by atoms with van der Waals surface area (Å²) in [6.07, 6.45) is 5.80. The van der Waals surface area contributed by atoms with Crippen LogP contribution in [0.3, 0.4) is 0 Å². The minimum absolute atomic E-state index is 0.0736. The Labute approximate surface area is 89.5 Å². The van der Waals surface area contributed by atoms with Crippen molar-refractivity contribution in [1.29, 1.82) is 0 Å². The average molecular weight is 207 g/mol. The van der Waals surface area contributed by atoms with Crippen LogP contribution in [0.25, 0.3) is 0 Å². The Morgan fingerprint density at radius 1 is 1.47 bits per heavy atom. The number of aliphatic hydroxyl groups is 1. The normalized spacial score (nSPS) is 37.4. The quantitative estimate of drug-likeness (QED) is 0.708. The molecule has 82 valence electrons. The van der Waals surface area contributed by atoms with Gasteiger partial charge in [0.15, 0.2) is 0 Å². The first-order chi connectivity index (χ1) is 7.01. The van der Waals surface area contributed by atoms with Crippen LogP contribution in [0.1, 0.15) is 44.4 Å². The highest BCUT2D eigenvalue weighted by Crippen LogP contribution is 2.55. The first kappa shape index (κ1) is 9.40. The van der Waals surface area contributed by atoms with Gasteiger partial charge in [0, 0.05) is 11.0 Å². The lowest BCUT2D eigenvalue weighted by atomic mass is 9.54. The molecule has 3 rings (SSSR count). The van der Waals surface area contributed by atoms with E-state index in [2.05, 4.69) is 19.0 Å². The molecule has 1 fully saturated rings. The van der Waals surface area contributed by atoms with Gasteiger partial charge in [-0.15, -0.1) is 0 Å². The lowest BCUT2D eigenvalue weighted by molar-refractivity contribution is -0.0560. The molecule has 15 heavy (non-hydrogen) atoms. The minimum atomic E-state index is -0.0813. The Balaban J connectivity index is 1.98. The Morgan fingerprint density at radius 3 is 2.87 bits per heavy atom. The van der Waals surface area contributed by atoms with E-state index in [0.29, 0.717) is 5.41 Å². The van der Waals surface area contributed by atoms with Crippen molar-refractivity contribution < 1.29 is 9.63 Å². The third-order valence-corrected chi connectivity index (χ3v) is 3.98. The topological polar surface area (TPSA) is 46.3 Å². The first-order valence-corrected chi connectivity index (χ1v) is 5.63. The van der Waals surface area contributed by atoms with Crippen LogP contribution in [0.15, 0.2) is 10.7 Å². The Hall–Kier alpha value is -0.830. The third-order valence-electron chi connectivity index (χ3n) is 3.98. The number of hydrogen-bond acceptors (Lipinski definition) is 3. The zero-order valence-corrected chi connectivity index (χ0v) is 9.29. The molecule has 3 heteroatoms. The van der Waals surface area contributed by atoms with Crippen LogP contribution in [0.5, 0.6) is 0 Å². The van der Waals surface area contributed by atoms with E-state index in [4.69, 9.17) is 4.52 Å². The minimum Gasteiger partial charge on any atom is -0.393 e. The van der Waals surface area contributed by atoms with Crippen LogP contribution in [0.2, 0.25) is 0 Å². The van der Waals surface area contributed by atoms with Crippen molar-refractivity contribution in [3.63, 3.8) is 0 Å². The molecule has 0 bridgehead atoms. The molecule has 2 aliphatic carbocycles. The van der Waals surface area contributed by atoms with Gasteiger partial charge in [0.1, 0.15) is 5.76 Å². The van der Waals surface area contributed by atoms with Gasteiger partial charge in [0.05, 0.1) is 12.3 Å². The van der Waals surface area contributed by atoms with Crippen molar-refractivity contribution >= 4 is 0 Å². The van der Waals surface area contributed by atoms with Crippen LogP contribution < -0.4 is 0 Å². The summed E-state index contributed by atoms with van der Waals surface area (Å²) < 4.78 is 5.35. The molecule has 0 unspecified atom stereocenters. The monoisotopic (exact) mass is 207 g/mol. The second-order valence-electron chi connectivity index (χ2n) is 5.98. The van der Waals surface area contributed by atoms with Crippen LogP contribution in [-0.2, 0) is 11.8 Å². The summed E-state index contributed by atoms with van der Waals surface area (Å²) >= 11 is 0. The van der Waals surface area contributed by atoms with Crippen molar-refractivity contribution in [2.45, 2.75) is 51.0 Å². The van der Waals surface area contributed by atoms with E-state index in [0.717, 1.165) is 31.4 Å². The van der Waals surface area contributed by atoms with E-state index in [-0.39, 0.29) is 11.5 Å². The summed E-state index contributed by atoms with van der Waals surface area (Å²) in [5.41, 5.74) is 1.64. The summed E-state index contributed by atoms with van der Waals surface area (Å²) in [6.45, 7) is 4.42. The van der Waals surface area contributed by atoms with Gasteiger partial charge in [-0.3, -0.25) is 0 Å². The van der Waals surface area contributed by atoms with E-state index in [9.17, 15) is 5.11 Å². The third kappa shape index (κ3) is 1.26. The molecule has 0 aliphatic heterocycles. The molecule has 1 saturated carbocycles. The molecular weight excluding hydrogens is 190 g/mol. The van der Waals surface area contributed by atoms with Crippen molar-refractivity contribution in [2.24, 2.45) is 5.41 Å². The molecule has 1 N–H and O–H groups in total. The molecular formula is C12H17NO2. The maximum Gasteiger partial charge on any atom is 0.145 e. The Kier molecular flexibility index (Phi) is 1.66. The van der Waals surface area contributed by atoms with Gasteiger partial charge in [-0.2, -0.15) is 0 Å². The van der Waals surface area contributed by atoms with E-state index in [1.54, 1.807) is 0 Å². The second kappa shape index (κ2) is 2.64. The molecule has 0 atom stereocenters. The van der Waals surface area contributed by atoms with Gasteiger partial charge in [0.25, 0.3) is 0 Å². The number of rotatable bonds is 0. The molecule has 1 aromatic rings. The van der Waals surface area contributed by atoms with E-state index < -0.39 is 0 Å². The van der Waals surface area contributed by atoms with Crippen LogP contribution in [-0.4, -0.2) is 16.4 Å². The Bertz CT molecular complexity index is 388. The molecule has 1 aromatic heterocycles. The fraction of sp³-hybridized carbons (Fsp3) is 0.750. The molecule has 0 aromatic carbocycles. The SMILES string of the molecule is CC1(C)CC2(Cc3cnoc31)CC(O)C2. The summed E-state index contributed by atoms with van der Waals surface area (Å²) in [5, 5.41) is 13.4. The van der Waals surface area contributed by atoms with Gasteiger partial charge in [-0.25, -0.2) is 0 Å². The van der Waals surface area contributed by atoms with Gasteiger partial charge in [0.2, 0.25) is 0 Å². The van der Waals surface area contributed by atoms with E-state index >= 15 is 0 Å². The van der Waals surface area contributed by atoms with Crippen LogP contribution >= 0.6 is 0 Å². The van der Waals surface area contributed by atoms with Crippen molar-refractivity contribution in [3.05, 3.63) is 17.5 Å². The first-order valence-electron chi connectivity index (χ1n) is 5.63.